The minimum absolute atomic E-state index is 0.0906. The van der Waals surface area contributed by atoms with Gasteiger partial charge in [-0.3, -0.25) is 0 Å². The minimum Gasteiger partial charge on any atom is -0.375 e. The third kappa shape index (κ3) is 6.88. The SMILES string of the molecule is C/C=C(\C=C/CCS(C)(=O)=O)C(OC)C(N)CF. The molecular formula is C12H22FNO3S. The maximum atomic E-state index is 12.5. The lowest BCUT2D eigenvalue weighted by Crippen LogP contribution is -2.38. The van der Waals surface area contributed by atoms with Crippen LogP contribution in [0.4, 0.5) is 4.39 Å². The van der Waals surface area contributed by atoms with Crippen LogP contribution in [-0.2, 0) is 14.6 Å². The summed E-state index contributed by atoms with van der Waals surface area (Å²) >= 11 is 0. The van der Waals surface area contributed by atoms with Crippen LogP contribution in [0.15, 0.2) is 23.8 Å². The average molecular weight is 279 g/mol. The number of methoxy groups -OCH3 is 1. The molecule has 0 saturated heterocycles. The Balaban J connectivity index is 4.56. The fourth-order valence-electron chi connectivity index (χ4n) is 1.50. The van der Waals surface area contributed by atoms with Crippen LogP contribution in [0.2, 0.25) is 0 Å². The van der Waals surface area contributed by atoms with Crippen LogP contribution in [0.25, 0.3) is 0 Å². The van der Waals surface area contributed by atoms with E-state index in [0.29, 0.717) is 6.42 Å². The highest BCUT2D eigenvalue weighted by Crippen LogP contribution is 2.12. The molecule has 2 unspecified atom stereocenters. The van der Waals surface area contributed by atoms with Crippen LogP contribution in [0.1, 0.15) is 13.3 Å². The molecule has 0 aliphatic rings. The van der Waals surface area contributed by atoms with Crippen molar-refractivity contribution in [3.05, 3.63) is 23.8 Å². The summed E-state index contributed by atoms with van der Waals surface area (Å²) in [6, 6.07) is -0.722. The van der Waals surface area contributed by atoms with Gasteiger partial charge in [0.1, 0.15) is 16.5 Å². The molecule has 0 rings (SSSR count). The van der Waals surface area contributed by atoms with E-state index in [0.717, 1.165) is 5.57 Å². The second kappa shape index (κ2) is 8.39. The first-order chi connectivity index (χ1) is 8.35. The van der Waals surface area contributed by atoms with E-state index in [1.807, 2.05) is 0 Å². The predicted molar refractivity (Wildman–Crippen MR) is 72.0 cm³/mol. The van der Waals surface area contributed by atoms with Crippen molar-refractivity contribution in [3.8, 4) is 0 Å². The van der Waals surface area contributed by atoms with E-state index in [4.69, 9.17) is 10.5 Å². The van der Waals surface area contributed by atoms with Crippen LogP contribution < -0.4 is 5.73 Å². The van der Waals surface area contributed by atoms with Gasteiger partial charge in [0.25, 0.3) is 0 Å². The number of rotatable bonds is 8. The van der Waals surface area contributed by atoms with Crippen molar-refractivity contribution in [3.63, 3.8) is 0 Å². The first-order valence-corrected chi connectivity index (χ1v) is 7.76. The molecule has 0 aromatic rings. The van der Waals surface area contributed by atoms with Crippen molar-refractivity contribution in [2.45, 2.75) is 25.5 Å². The molecule has 0 amide bonds. The number of sulfone groups is 1. The number of allylic oxidation sites excluding steroid dienone is 2. The van der Waals surface area contributed by atoms with Gasteiger partial charge in [0.2, 0.25) is 0 Å². The first kappa shape index (κ1) is 17.3. The molecule has 0 aliphatic carbocycles. The first-order valence-electron chi connectivity index (χ1n) is 5.70. The standard InChI is InChI=1S/C12H22FNO3S/c1-4-10(12(17-2)11(14)9-13)7-5-6-8-18(3,15)16/h4-5,7,11-12H,6,8-9,14H2,1-3H3/b7-5-,10-4+. The Kier molecular flexibility index (Phi) is 8.06. The van der Waals surface area contributed by atoms with E-state index >= 15 is 0 Å². The molecule has 0 aliphatic heterocycles. The summed E-state index contributed by atoms with van der Waals surface area (Å²) in [5.41, 5.74) is 6.35. The summed E-state index contributed by atoms with van der Waals surface area (Å²) in [5.74, 6) is 0.0906. The molecule has 2 N–H and O–H groups in total. The Morgan fingerprint density at radius 2 is 2.11 bits per heavy atom. The van der Waals surface area contributed by atoms with Gasteiger partial charge in [-0.05, 0) is 18.9 Å². The van der Waals surface area contributed by atoms with Crippen LogP contribution in [0, 0.1) is 0 Å². The molecule has 6 heteroatoms. The van der Waals surface area contributed by atoms with E-state index in [2.05, 4.69) is 0 Å². The molecule has 0 radical (unpaired) electrons. The normalized spacial score (nSPS) is 17.1. The zero-order valence-electron chi connectivity index (χ0n) is 11.1. The maximum absolute atomic E-state index is 12.5. The molecule has 106 valence electrons. The van der Waals surface area contributed by atoms with E-state index < -0.39 is 28.7 Å². The highest BCUT2D eigenvalue weighted by atomic mass is 32.2. The van der Waals surface area contributed by atoms with Crippen molar-refractivity contribution in [1.29, 1.82) is 0 Å². The van der Waals surface area contributed by atoms with Gasteiger partial charge in [-0.15, -0.1) is 0 Å². The number of hydrogen-bond acceptors (Lipinski definition) is 4. The number of halogens is 1. The third-order valence-corrected chi connectivity index (χ3v) is 3.43. The van der Waals surface area contributed by atoms with Crippen LogP contribution >= 0.6 is 0 Å². The molecule has 0 fully saturated rings. The van der Waals surface area contributed by atoms with Crippen LogP contribution in [0.3, 0.4) is 0 Å². The molecule has 0 saturated carbocycles. The summed E-state index contributed by atoms with van der Waals surface area (Å²) in [7, 11) is -1.50. The Morgan fingerprint density at radius 1 is 1.50 bits per heavy atom. The van der Waals surface area contributed by atoms with Crippen molar-refractivity contribution in [2.75, 3.05) is 25.8 Å². The van der Waals surface area contributed by atoms with E-state index in [9.17, 15) is 12.8 Å². The fourth-order valence-corrected chi connectivity index (χ4v) is 2.06. The smallest absolute Gasteiger partial charge is 0.147 e. The largest absolute Gasteiger partial charge is 0.375 e. The van der Waals surface area contributed by atoms with Crippen molar-refractivity contribution in [2.24, 2.45) is 5.73 Å². The third-order valence-electron chi connectivity index (χ3n) is 2.45. The summed E-state index contributed by atoms with van der Waals surface area (Å²) in [6.45, 7) is 1.13. The zero-order chi connectivity index (χ0) is 14.2. The number of alkyl halides is 1. The quantitative estimate of drug-likeness (QED) is 0.679. The fraction of sp³-hybridized carbons (Fsp3) is 0.667. The van der Waals surface area contributed by atoms with Gasteiger partial charge in [-0.25, -0.2) is 12.8 Å². The van der Waals surface area contributed by atoms with E-state index in [1.165, 1.54) is 13.4 Å². The van der Waals surface area contributed by atoms with Gasteiger partial charge in [0.15, 0.2) is 0 Å². The summed E-state index contributed by atoms with van der Waals surface area (Å²) in [5, 5.41) is 0. The van der Waals surface area contributed by atoms with E-state index in [1.54, 1.807) is 25.2 Å². The molecule has 18 heavy (non-hydrogen) atoms. The highest BCUT2D eigenvalue weighted by Gasteiger charge is 2.19. The zero-order valence-corrected chi connectivity index (χ0v) is 11.9. The molecule has 4 nitrogen and oxygen atoms in total. The molecule has 0 bridgehead atoms. The monoisotopic (exact) mass is 279 g/mol. The van der Waals surface area contributed by atoms with Crippen molar-refractivity contribution in [1.82, 2.24) is 0 Å². The van der Waals surface area contributed by atoms with Crippen molar-refractivity contribution >= 4 is 9.84 Å². The molecule has 2 atom stereocenters. The van der Waals surface area contributed by atoms with Gasteiger partial charge < -0.3 is 10.5 Å². The topological polar surface area (TPSA) is 69.4 Å². The number of ether oxygens (including phenoxy) is 1. The lowest BCUT2D eigenvalue weighted by atomic mass is 10.0. The van der Waals surface area contributed by atoms with E-state index in [-0.39, 0.29) is 5.75 Å². The average Bonchev–Trinajstić information content (AvgIpc) is 2.31. The summed E-state index contributed by atoms with van der Waals surface area (Å²) in [6.07, 6.45) is 6.32. The second-order valence-corrected chi connectivity index (χ2v) is 6.34. The maximum Gasteiger partial charge on any atom is 0.147 e. The molecule has 0 aromatic carbocycles. The molecule has 0 spiro atoms. The lowest BCUT2D eigenvalue weighted by molar-refractivity contribution is 0.102. The van der Waals surface area contributed by atoms with Gasteiger partial charge >= 0.3 is 0 Å². The van der Waals surface area contributed by atoms with Gasteiger partial charge in [-0.1, -0.05) is 18.2 Å². The van der Waals surface area contributed by atoms with Gasteiger partial charge in [0, 0.05) is 13.4 Å². The number of hydrogen-bond donors (Lipinski definition) is 1. The summed E-state index contributed by atoms with van der Waals surface area (Å²) < 4.78 is 39.6. The van der Waals surface area contributed by atoms with Crippen molar-refractivity contribution < 1.29 is 17.5 Å². The van der Waals surface area contributed by atoms with Crippen LogP contribution in [0.5, 0.6) is 0 Å². The summed E-state index contributed by atoms with van der Waals surface area (Å²) in [4.78, 5) is 0. The van der Waals surface area contributed by atoms with Gasteiger partial charge in [0.05, 0.1) is 17.9 Å². The Morgan fingerprint density at radius 3 is 2.50 bits per heavy atom. The van der Waals surface area contributed by atoms with Gasteiger partial charge in [-0.2, -0.15) is 0 Å². The lowest BCUT2D eigenvalue weighted by Gasteiger charge is -2.21. The number of nitrogens with two attached hydrogens (primary N) is 1. The highest BCUT2D eigenvalue weighted by molar-refractivity contribution is 7.90. The molecular weight excluding hydrogens is 257 g/mol. The Hall–Kier alpha value is -0.720. The molecule has 0 heterocycles. The Bertz CT molecular complexity index is 390. The predicted octanol–water partition coefficient (Wildman–Crippen LogP) is 1.24. The second-order valence-electron chi connectivity index (χ2n) is 4.08. The Labute approximate surface area is 109 Å². The van der Waals surface area contributed by atoms with Crippen LogP contribution in [-0.4, -0.2) is 46.4 Å². The minimum atomic E-state index is -2.96. The molecule has 0 aromatic heterocycles.